The summed E-state index contributed by atoms with van der Waals surface area (Å²) in [5.41, 5.74) is -4.05. The minimum atomic E-state index is -1.04. The smallest absolute Gasteiger partial charge is 0.325 e. The zero-order valence-electron chi connectivity index (χ0n) is 89.8. The molecular weight excluding hydrogens is 2270 g/mol. The molecule has 6 aliphatic carbocycles. The number of carboxylic acids is 6. The Hall–Kier alpha value is -3.90. The molecule has 12 bridgehead atoms. The molecule has 42 nitrogen and oxygen atoms in total. The van der Waals surface area contributed by atoms with E-state index in [9.17, 15) is 48.6 Å². The van der Waals surface area contributed by atoms with Gasteiger partial charge in [-0.3, -0.25) is 43.3 Å². The number of hydrogen-bond acceptors (Lipinski definition) is 34. The van der Waals surface area contributed by atoms with E-state index in [1.165, 1.54) is 9.80 Å². The second-order valence-electron chi connectivity index (χ2n) is 47.6. The second-order valence-corrected chi connectivity index (χ2v) is 47.6. The molecule has 47 heteroatoms. The molecular formula is C103H152IN6O36VZn3-. The summed E-state index contributed by atoms with van der Waals surface area (Å²) in [6.07, 6.45) is 18.4. The monoisotopic (exact) mass is 2420 g/mol. The van der Waals surface area contributed by atoms with Crippen molar-refractivity contribution in [1.82, 2.24) is 9.80 Å². The Morgan fingerprint density at radius 2 is 0.453 bits per heavy atom. The fourth-order valence-electron chi connectivity index (χ4n) is 31.3. The molecule has 829 valence electrons. The number of nitrogens with zero attached hydrogens (tertiary/aromatic N) is 6. The summed E-state index contributed by atoms with van der Waals surface area (Å²) in [6, 6.07) is 0. The quantitative estimate of drug-likeness (QED) is 0.0457. The molecule has 30 rings (SSSR count). The fourth-order valence-corrected chi connectivity index (χ4v) is 31.3. The van der Waals surface area contributed by atoms with Gasteiger partial charge in [-0.2, -0.15) is 0 Å². The Bertz CT molecular complexity index is 4570. The number of rotatable bonds is 12. The van der Waals surface area contributed by atoms with Gasteiger partial charge in [0.25, 0.3) is 0 Å². The van der Waals surface area contributed by atoms with Crippen LogP contribution in [0.3, 0.4) is 0 Å². The number of aliphatic imine (C=N–C) groups is 4. The van der Waals surface area contributed by atoms with Crippen LogP contribution in [0.2, 0.25) is 0 Å². The molecule has 42 atom stereocenters. The molecule has 2 amide bonds. The van der Waals surface area contributed by atoms with Gasteiger partial charge in [-0.1, -0.05) is 83.1 Å². The maximum absolute atomic E-state index is 12.9. The van der Waals surface area contributed by atoms with Crippen LogP contribution in [0.15, 0.2) is 20.0 Å². The van der Waals surface area contributed by atoms with Gasteiger partial charge in [-0.05, 0) is 204 Å². The van der Waals surface area contributed by atoms with E-state index < -0.39 is 142 Å². The first-order chi connectivity index (χ1) is 69.0. The number of ether oxygens (including phenoxy) is 10. The largest absolute Gasteiger partial charge is 0.480 e. The van der Waals surface area contributed by atoms with E-state index in [0.29, 0.717) is 95.6 Å². The van der Waals surface area contributed by atoms with E-state index in [4.69, 9.17) is 126 Å². The van der Waals surface area contributed by atoms with Crippen molar-refractivity contribution in [2.45, 2.75) is 385 Å². The summed E-state index contributed by atoms with van der Waals surface area (Å²) in [5, 5.41) is 54.3. The van der Waals surface area contributed by atoms with Crippen molar-refractivity contribution in [3.63, 3.8) is 0 Å². The molecule has 20 unspecified atom stereocenters. The number of halogens is 1. The third kappa shape index (κ3) is 21.1. The Morgan fingerprint density at radius 1 is 0.273 bits per heavy atom. The minimum Gasteiger partial charge on any atom is -0.480 e. The molecule has 0 aromatic carbocycles. The van der Waals surface area contributed by atoms with Crippen LogP contribution in [0.4, 0.5) is 0 Å². The van der Waals surface area contributed by atoms with Gasteiger partial charge in [0.05, 0.1) is 0 Å². The first-order valence-corrected chi connectivity index (χ1v) is 54.8. The standard InChI is InChI=1S/6C17H25NO6.CH2I.V.3Zn/c4*1-9-4-5-12-10(2)14(18-8-13(19)20)21-15-17(12)11(9)6-7-16(3,22-15)23-24-17;2*1-9-4-5-12-10(2)14(21)18(8-13(19)20)15-17(12)11(9)6-7-16(3,22-15)23-24-17;1-2;;;;/h6*9-12,15H,4-8H2,1-3H3,(H,19,20);1H2;;;;/q;;;;;;-1;;;;/t2*9-,10-,11?,12?,15-,16+,17?;2*9-,10-,11?,12?,15-,16-,17?;2*9-,10-,11?,12?,15?,16-,17?;;;;;/m111111...../s1. The third-order valence-electron chi connectivity index (χ3n) is 38.8. The van der Waals surface area contributed by atoms with Gasteiger partial charge in [-0.15, -0.1) is 0 Å². The number of carboxylic acid groups (broad SMARTS) is 6. The molecule has 30 aliphatic rings. The van der Waals surface area contributed by atoms with Crippen LogP contribution >= 0.6 is 22.6 Å². The molecule has 150 heavy (non-hydrogen) atoms. The Morgan fingerprint density at radius 3 is 0.647 bits per heavy atom. The van der Waals surface area contributed by atoms with E-state index >= 15 is 0 Å². The van der Waals surface area contributed by atoms with Crippen LogP contribution in [0, 0.1) is 147 Å². The van der Waals surface area contributed by atoms with Crippen molar-refractivity contribution in [2.75, 3.05) is 39.3 Å². The summed E-state index contributed by atoms with van der Waals surface area (Å²) < 4.78 is 61.3. The molecule has 24 aliphatic heterocycles. The van der Waals surface area contributed by atoms with Crippen LogP contribution in [-0.2, 0) is 221 Å². The van der Waals surface area contributed by atoms with E-state index in [-0.39, 0.29) is 211 Å². The number of fused-ring (bicyclic) bond motifs is 12. The number of amides is 2. The average molecular weight is 2420 g/mol. The number of piperidine rings is 2. The van der Waals surface area contributed by atoms with Crippen molar-refractivity contribution in [1.29, 1.82) is 0 Å². The van der Waals surface area contributed by atoms with E-state index in [1.807, 2.05) is 91.8 Å². The van der Waals surface area contributed by atoms with Crippen LogP contribution in [0.5, 0.6) is 0 Å². The number of aliphatic carboxylic acids is 6. The molecule has 0 aromatic rings. The minimum absolute atomic E-state index is 0. The Kier molecular flexibility index (Phi) is 37.2. The first kappa shape index (κ1) is 122. The Labute approximate surface area is 939 Å². The molecule has 1 radical (unpaired) electrons. The van der Waals surface area contributed by atoms with Crippen molar-refractivity contribution in [2.24, 2.45) is 162 Å². The predicted molar refractivity (Wildman–Crippen MR) is 514 cm³/mol. The third-order valence-corrected chi connectivity index (χ3v) is 38.8. The maximum Gasteiger partial charge on any atom is 0.325 e. The maximum atomic E-state index is 12.9. The molecule has 6 spiro atoms. The van der Waals surface area contributed by atoms with Gasteiger partial charge in [0.1, 0.15) is 39.3 Å². The van der Waals surface area contributed by atoms with Crippen molar-refractivity contribution < 1.29 is 252 Å². The topological polar surface area (TPSA) is 517 Å². The summed E-state index contributed by atoms with van der Waals surface area (Å²) in [4.78, 5) is 185. The van der Waals surface area contributed by atoms with Gasteiger partial charge in [0.2, 0.25) is 71.7 Å². The Balaban J connectivity index is 0.000000140. The van der Waals surface area contributed by atoms with Crippen molar-refractivity contribution in [3.8, 4) is 0 Å². The van der Waals surface area contributed by atoms with Crippen LogP contribution in [0.1, 0.15) is 279 Å². The summed E-state index contributed by atoms with van der Waals surface area (Å²) in [6.45, 7) is 34.5. The van der Waals surface area contributed by atoms with Crippen LogP contribution in [-0.4, -0.2) is 257 Å². The summed E-state index contributed by atoms with van der Waals surface area (Å²) in [5.74, 6) is -5.28. The van der Waals surface area contributed by atoms with Gasteiger partial charge in [-0.25, -0.2) is 78.6 Å². The number of likely N-dealkylation sites (tertiary alicyclic amines) is 2. The number of carbonyl (C=O) groups excluding carboxylic acids is 2. The summed E-state index contributed by atoms with van der Waals surface area (Å²) >= 11 is 1.90. The van der Waals surface area contributed by atoms with Gasteiger partial charge in [0.15, 0.2) is 69.7 Å². The number of hydrogen-bond donors (Lipinski definition) is 6. The molecule has 6 N–H and O–H groups in total. The van der Waals surface area contributed by atoms with Gasteiger partial charge >= 0.3 is 35.8 Å². The van der Waals surface area contributed by atoms with E-state index in [1.54, 1.807) is 13.8 Å². The SMILES string of the molecule is C[C@@H]1CCC2[C@@H](C)C(=NCC(=O)O)O[C@@H]3O[C@@]4(C)CCC1C23OO4.C[C@@H]1CCC2[C@@H](C)C(=NCC(=O)O)O[C@@H]3O[C@@]4(C)CCC1C23OO4.C[C@@H]1CCC2[C@@H](C)C(=NCC(=O)O)O[C@@H]3O[C@]4(C)CCC1C23OO4.C[C@@H]1CCC2[C@@H](C)C(=NCC(=O)O)O[C@@H]3O[C@]4(C)CCC1C23OO4.C[C@@H]1CCC2[C@@H](C)C(=O)N(CC(=O)O)C3O[C@@]4(C)CCC1C23OO4.C[C@@H]1CCC2[C@@H](C)C(=O)N(CC(=O)O)C3O[C@@]4(C)CCC1C23OO4.[CH2-]I.[V].[Zn].[Zn].[Zn]. The van der Waals surface area contributed by atoms with Crippen molar-refractivity contribution in [3.05, 3.63) is 4.93 Å². The van der Waals surface area contributed by atoms with Crippen LogP contribution < -0.4 is 0 Å². The average Bonchev–Trinajstić information content (AvgIpc) is 1.38. The zero-order chi connectivity index (χ0) is 105. The normalized spacial score (nSPS) is 49.2. The molecule has 30 fully saturated rings. The predicted octanol–water partition coefficient (Wildman–Crippen LogP) is 14.1. The van der Waals surface area contributed by atoms with Crippen molar-refractivity contribution >= 4 is 93.8 Å². The first-order valence-electron chi connectivity index (χ1n) is 53.3. The number of carbonyl (C=O) groups is 8. The second kappa shape index (κ2) is 45.9. The van der Waals surface area contributed by atoms with E-state index in [2.05, 4.69) is 66.4 Å². The molecule has 24 saturated heterocycles. The zero-order valence-corrected chi connectivity index (χ0v) is 102. The van der Waals surface area contributed by atoms with E-state index in [0.717, 1.165) is 141 Å². The van der Waals surface area contributed by atoms with Gasteiger partial charge in [0, 0.05) is 210 Å². The van der Waals surface area contributed by atoms with Gasteiger partial charge < -0.3 is 110 Å². The molecule has 0 aromatic heterocycles. The fraction of sp³-hybridized carbons (Fsp3) is 0.874. The van der Waals surface area contributed by atoms with Crippen LogP contribution in [0.25, 0.3) is 0 Å². The molecule has 6 saturated carbocycles. The summed E-state index contributed by atoms with van der Waals surface area (Å²) in [7, 11) is 0. The molecule has 24 heterocycles.